The van der Waals surface area contributed by atoms with Crippen molar-refractivity contribution < 1.29 is 106 Å². The normalized spacial score (nSPS) is 21.7. The summed E-state index contributed by atoms with van der Waals surface area (Å²) in [6, 6.07) is 0. The number of rotatable bonds is 0. The maximum absolute atomic E-state index is 10.7. The van der Waals surface area contributed by atoms with Gasteiger partial charge in [-0.2, -0.15) is 0 Å². The maximum atomic E-state index is 9.87. The maximum Gasteiger partial charge on any atom is 0 e. The molecule has 26 heteroatoms. The molecule has 2 radical (unpaired) electrons. The Labute approximate surface area is 272 Å². The second kappa shape index (κ2) is 21.6. The Bertz CT molecular complexity index is 555. The van der Waals surface area contributed by atoms with Crippen LogP contribution in [0.2, 0.25) is 0 Å². The van der Waals surface area contributed by atoms with Crippen molar-refractivity contribution in [3.8, 4) is 0 Å². The van der Waals surface area contributed by atoms with Gasteiger partial charge < -0.3 is 51.3 Å². The van der Waals surface area contributed by atoms with E-state index in [0.717, 1.165) is 0 Å². The Hall–Kier alpha value is 0.659. The van der Waals surface area contributed by atoms with Gasteiger partial charge >= 0.3 is 66.0 Å². The van der Waals surface area contributed by atoms with Crippen LogP contribution in [0.25, 0.3) is 0 Å². The van der Waals surface area contributed by atoms with Crippen molar-refractivity contribution in [1.29, 1.82) is 0 Å². The van der Waals surface area contributed by atoms with Crippen LogP contribution in [0.15, 0.2) is 0 Å². The molecule has 2 fully saturated rings. The van der Waals surface area contributed by atoms with Crippen LogP contribution in [0, 0.1) is 0 Å². The molecule has 0 spiro atoms. The van der Waals surface area contributed by atoms with E-state index < -0.39 is 15.6 Å². The predicted molar refractivity (Wildman–Crippen MR) is 147 cm³/mol. The molecule has 0 aromatic heterocycles. The van der Waals surface area contributed by atoms with Gasteiger partial charge in [-0.25, -0.2) is 0 Å². The topological polar surface area (TPSA) is 145 Å². The molecule has 0 amide bonds. The van der Waals surface area contributed by atoms with Crippen molar-refractivity contribution in [2.75, 3.05) is 121 Å². The zero-order valence-corrected chi connectivity index (χ0v) is 29.5. The van der Waals surface area contributed by atoms with E-state index in [2.05, 4.69) is 71.7 Å². The molecule has 0 aliphatic carbocycles. The molecule has 0 aromatic carbocycles. The summed E-state index contributed by atoms with van der Waals surface area (Å²) >= 11 is 0. The van der Waals surface area contributed by atoms with Gasteiger partial charge in [-0.05, 0) is 42.3 Å². The van der Waals surface area contributed by atoms with Gasteiger partial charge in [0.1, 0.15) is 0 Å². The zero-order valence-electron chi connectivity index (χ0n) is 25.4. The van der Waals surface area contributed by atoms with E-state index in [4.69, 9.17) is 0 Å². The Morgan fingerprint density at radius 2 is 0.318 bits per heavy atom. The van der Waals surface area contributed by atoms with Crippen molar-refractivity contribution in [2.24, 2.45) is 0 Å². The molecule has 44 heavy (non-hydrogen) atoms. The summed E-state index contributed by atoms with van der Waals surface area (Å²) in [5, 5.41) is 0. The van der Waals surface area contributed by atoms with Crippen LogP contribution in [0.5, 0.6) is 0 Å². The largest absolute Gasteiger partial charge is 0.412 e. The number of hydrogen-bond donors (Lipinski definition) is 0. The minimum Gasteiger partial charge on any atom is -0.412 e. The van der Waals surface area contributed by atoms with Crippen LogP contribution in [-0.2, 0) is 34.1 Å². The third-order valence-corrected chi connectivity index (χ3v) is 5.18. The molecule has 0 unspecified atom stereocenters. The van der Waals surface area contributed by atoms with E-state index in [9.17, 15) is 50.4 Å². The third kappa shape index (κ3) is 78.8. The van der Waals surface area contributed by atoms with Gasteiger partial charge in [0.25, 0.3) is 0 Å². The summed E-state index contributed by atoms with van der Waals surface area (Å²) in [5.41, 5.74) is 0. The Morgan fingerprint density at radius 3 is 0.364 bits per heavy atom. The fourth-order valence-electron chi connectivity index (χ4n) is 2.72. The standard InChI is InChI=1S/2C9H21N3.2F6P.2Mn.4H2O/c2*1-10-4-6-11(2)8-9-12(3)7-5-10;2*1-7(2,3,4,5)6;;;;;;/h2*4-9H2,1-3H3;;;;;4*1H2/q;;2*-1;;;;;;. The average molecular weight is 814 g/mol. The van der Waals surface area contributed by atoms with E-state index in [1.165, 1.54) is 78.5 Å². The summed E-state index contributed by atoms with van der Waals surface area (Å²) in [6.07, 6.45) is 0. The molecule has 2 aliphatic rings. The molecule has 2 saturated heterocycles. The molecule has 0 bridgehead atoms. The van der Waals surface area contributed by atoms with Gasteiger partial charge in [0, 0.05) is 113 Å². The second-order valence-electron chi connectivity index (χ2n) is 9.74. The number of halogens is 12. The van der Waals surface area contributed by atoms with Crippen LogP contribution < -0.4 is 0 Å². The second-order valence-corrected chi connectivity index (χ2v) is 13.6. The van der Waals surface area contributed by atoms with Crippen molar-refractivity contribution in [1.82, 2.24) is 29.4 Å². The van der Waals surface area contributed by atoms with Crippen molar-refractivity contribution in [2.45, 2.75) is 0 Å². The number of hydrogen-bond acceptors (Lipinski definition) is 6. The Kier molecular flexibility index (Phi) is 31.1. The first-order chi connectivity index (χ1) is 16.3. The zero-order chi connectivity index (χ0) is 30.8. The van der Waals surface area contributed by atoms with Crippen LogP contribution in [0.1, 0.15) is 0 Å². The van der Waals surface area contributed by atoms with E-state index in [1.54, 1.807) is 0 Å². The Morgan fingerprint density at radius 1 is 0.273 bits per heavy atom. The van der Waals surface area contributed by atoms with Crippen LogP contribution >= 0.6 is 15.6 Å². The van der Waals surface area contributed by atoms with Crippen LogP contribution in [0.3, 0.4) is 0 Å². The molecule has 2 aliphatic heterocycles. The summed E-state index contributed by atoms with van der Waals surface area (Å²) in [4.78, 5) is 14.4. The van der Waals surface area contributed by atoms with Gasteiger partial charge in [-0.1, -0.05) is 0 Å². The molecule has 10 nitrogen and oxygen atoms in total. The SMILES string of the molecule is CN1CCN(C)CCN(C)CC1.CN1CCN(C)CCN(C)CC1.F[P-](F)(F)(F)(F)F.F[P-](F)(F)(F)(F)F.O.O.O.O.[Mn].[Mn]. The molecule has 2 rings (SSSR count). The predicted octanol–water partition coefficient (Wildman–Crippen LogP) is 3.05. The number of likely N-dealkylation sites (N-methyl/N-ethyl adjacent to an activating group) is 6. The van der Waals surface area contributed by atoms with Gasteiger partial charge in [0.2, 0.25) is 0 Å². The average Bonchev–Trinajstić information content (AvgIpc) is 2.76. The van der Waals surface area contributed by atoms with Gasteiger partial charge in [-0.3, -0.25) is 0 Å². The molecule has 8 N–H and O–H groups in total. The molecular weight excluding hydrogens is 764 g/mol. The van der Waals surface area contributed by atoms with Crippen LogP contribution in [-0.4, -0.2) is 172 Å². The summed E-state index contributed by atoms with van der Waals surface area (Å²) < 4.78 is 118. The summed E-state index contributed by atoms with van der Waals surface area (Å²) in [5.74, 6) is 0. The first-order valence-electron chi connectivity index (χ1n) is 11.5. The molecule has 2 heterocycles. The van der Waals surface area contributed by atoms with Crippen LogP contribution in [0.4, 0.5) is 50.4 Å². The summed E-state index contributed by atoms with van der Waals surface area (Å²) in [6.45, 7) is 14.4. The van der Waals surface area contributed by atoms with E-state index >= 15 is 0 Å². The fraction of sp³-hybridized carbons (Fsp3) is 1.00. The number of nitrogens with zero attached hydrogens (tertiary/aromatic N) is 6. The molecule has 0 atom stereocenters. The molecule has 0 saturated carbocycles. The minimum absolute atomic E-state index is 0. The third-order valence-electron chi connectivity index (χ3n) is 5.18. The quantitative estimate of drug-likeness (QED) is 0.209. The summed E-state index contributed by atoms with van der Waals surface area (Å²) in [7, 11) is -8.11. The molecule has 0 aromatic rings. The minimum atomic E-state index is -10.7. The van der Waals surface area contributed by atoms with Crippen molar-refractivity contribution >= 4 is 15.6 Å². The van der Waals surface area contributed by atoms with E-state index in [0.29, 0.717) is 0 Å². The van der Waals surface area contributed by atoms with E-state index in [-0.39, 0.29) is 56.0 Å². The van der Waals surface area contributed by atoms with Crippen molar-refractivity contribution in [3.63, 3.8) is 0 Å². The monoisotopic (exact) mass is 814 g/mol. The first kappa shape index (κ1) is 63.3. The first-order valence-corrected chi connectivity index (χ1v) is 15.6. The van der Waals surface area contributed by atoms with Crippen molar-refractivity contribution in [3.05, 3.63) is 0 Å². The molecular formula is C18H50F12Mn2N6O4P2-2. The van der Waals surface area contributed by atoms with Gasteiger partial charge in [0.05, 0.1) is 0 Å². The fourth-order valence-corrected chi connectivity index (χ4v) is 2.72. The van der Waals surface area contributed by atoms with E-state index in [1.807, 2.05) is 0 Å². The molecule has 286 valence electrons. The van der Waals surface area contributed by atoms with Gasteiger partial charge in [-0.15, -0.1) is 0 Å². The van der Waals surface area contributed by atoms with Gasteiger partial charge in [0.15, 0.2) is 0 Å². The Balaban J connectivity index is -0.0000000645. The smallest absolute Gasteiger partial charge is 0 e.